The number of para-hydroxylation sites is 1. The lowest BCUT2D eigenvalue weighted by Crippen LogP contribution is -2.50. The van der Waals surface area contributed by atoms with Crippen LogP contribution < -0.4 is 4.90 Å². The van der Waals surface area contributed by atoms with E-state index in [1.54, 1.807) is 0 Å². The van der Waals surface area contributed by atoms with Gasteiger partial charge in [-0.05, 0) is 18.6 Å². The van der Waals surface area contributed by atoms with Crippen LogP contribution in [0.1, 0.15) is 5.56 Å². The van der Waals surface area contributed by atoms with Gasteiger partial charge < -0.3 is 9.64 Å². The molecule has 0 bridgehead atoms. The van der Waals surface area contributed by atoms with Crippen LogP contribution in [-0.2, 0) is 9.53 Å². The lowest BCUT2D eigenvalue weighted by Gasteiger charge is -2.37. The molecule has 1 fully saturated rings. The van der Waals surface area contributed by atoms with Crippen molar-refractivity contribution >= 4 is 23.3 Å². The molecule has 0 atom stereocenters. The van der Waals surface area contributed by atoms with E-state index in [2.05, 4.69) is 46.0 Å². The van der Waals surface area contributed by atoms with E-state index in [0.29, 0.717) is 24.4 Å². The van der Waals surface area contributed by atoms with Gasteiger partial charge in [0.25, 0.3) is 5.91 Å². The summed E-state index contributed by atoms with van der Waals surface area (Å²) in [6.07, 6.45) is 1.40. The summed E-state index contributed by atoms with van der Waals surface area (Å²) in [5.41, 5.74) is 3.42. The Hall–Kier alpha value is -2.67. The summed E-state index contributed by atoms with van der Waals surface area (Å²) in [6, 6.07) is 7.93. The normalized spacial score (nSPS) is 20.7. The fourth-order valence-corrected chi connectivity index (χ4v) is 3.59. The van der Waals surface area contributed by atoms with Crippen LogP contribution in [0.15, 0.2) is 41.1 Å². The third-order valence-electron chi connectivity index (χ3n) is 5.14. The third kappa shape index (κ3) is 3.10. The first-order valence-corrected chi connectivity index (χ1v) is 8.92. The lowest BCUT2D eigenvalue weighted by molar-refractivity contribution is -0.124. The Labute approximate surface area is 152 Å². The molecule has 3 amide bonds. The maximum absolute atomic E-state index is 12.4. The van der Waals surface area contributed by atoms with Gasteiger partial charge in [0.15, 0.2) is 0 Å². The van der Waals surface area contributed by atoms with Crippen molar-refractivity contribution < 1.29 is 14.3 Å². The van der Waals surface area contributed by atoms with E-state index < -0.39 is 6.03 Å². The summed E-state index contributed by atoms with van der Waals surface area (Å²) >= 11 is 0. The summed E-state index contributed by atoms with van der Waals surface area (Å²) in [7, 11) is 0. The summed E-state index contributed by atoms with van der Waals surface area (Å²) < 4.78 is 5.11. The van der Waals surface area contributed by atoms with E-state index in [1.165, 1.54) is 22.4 Å². The highest BCUT2D eigenvalue weighted by atomic mass is 16.5. The fraction of sp³-hybridized carbons (Fsp3) is 0.421. The number of urea groups is 1. The number of piperazine rings is 1. The molecule has 0 unspecified atom stereocenters. The molecule has 7 heteroatoms. The number of anilines is 1. The van der Waals surface area contributed by atoms with Crippen molar-refractivity contribution in [2.45, 2.75) is 6.92 Å². The topological polar surface area (TPSA) is 65.4 Å². The largest absolute Gasteiger partial charge is 0.494 e. The van der Waals surface area contributed by atoms with Crippen LogP contribution in [0.2, 0.25) is 0 Å². The molecule has 0 aliphatic carbocycles. The number of ether oxygens (including phenoxy) is 1. The molecule has 7 nitrogen and oxygen atoms in total. The van der Waals surface area contributed by atoms with Crippen molar-refractivity contribution in [3.63, 3.8) is 0 Å². The predicted molar refractivity (Wildman–Crippen MR) is 98.4 cm³/mol. The van der Waals surface area contributed by atoms with Crippen LogP contribution in [0, 0.1) is 6.92 Å². The van der Waals surface area contributed by atoms with Gasteiger partial charge in [-0.15, -0.1) is 0 Å². The molecule has 3 aliphatic rings. The monoisotopic (exact) mass is 354 g/mol. The number of hydrogen-bond donors (Lipinski definition) is 0. The third-order valence-corrected chi connectivity index (χ3v) is 5.14. The van der Waals surface area contributed by atoms with Gasteiger partial charge in [0.2, 0.25) is 0 Å². The van der Waals surface area contributed by atoms with Crippen molar-refractivity contribution in [3.05, 3.63) is 41.7 Å². The van der Waals surface area contributed by atoms with Crippen LogP contribution in [-0.4, -0.2) is 73.3 Å². The number of aliphatic imine (C=N–C) groups is 1. The Bertz CT molecular complexity index is 794. The molecule has 4 rings (SSSR count). The van der Waals surface area contributed by atoms with Gasteiger partial charge in [-0.2, -0.15) is 4.99 Å². The Morgan fingerprint density at radius 3 is 2.62 bits per heavy atom. The van der Waals surface area contributed by atoms with E-state index in [4.69, 9.17) is 4.74 Å². The van der Waals surface area contributed by atoms with Crippen LogP contribution in [0.5, 0.6) is 0 Å². The Morgan fingerprint density at radius 1 is 1.08 bits per heavy atom. The second kappa shape index (κ2) is 6.92. The minimum atomic E-state index is -0.480. The molecule has 0 saturated carbocycles. The second-order valence-corrected chi connectivity index (χ2v) is 6.76. The summed E-state index contributed by atoms with van der Waals surface area (Å²) in [5, 5.41) is 0. The average Bonchev–Trinajstić information content (AvgIpc) is 3.11. The number of imide groups is 1. The molecule has 26 heavy (non-hydrogen) atoms. The van der Waals surface area contributed by atoms with E-state index >= 15 is 0 Å². The Morgan fingerprint density at radius 2 is 1.85 bits per heavy atom. The molecule has 3 aliphatic heterocycles. The van der Waals surface area contributed by atoms with Gasteiger partial charge in [-0.1, -0.05) is 18.2 Å². The first kappa shape index (κ1) is 16.8. The van der Waals surface area contributed by atoms with E-state index in [1.807, 2.05) is 0 Å². The minimum Gasteiger partial charge on any atom is -0.494 e. The van der Waals surface area contributed by atoms with E-state index in [-0.39, 0.29) is 12.5 Å². The number of benzene rings is 1. The van der Waals surface area contributed by atoms with Crippen molar-refractivity contribution in [2.24, 2.45) is 4.99 Å². The van der Waals surface area contributed by atoms with Crippen LogP contribution in [0.4, 0.5) is 10.5 Å². The van der Waals surface area contributed by atoms with E-state index in [9.17, 15) is 9.59 Å². The van der Waals surface area contributed by atoms with Crippen molar-refractivity contribution in [1.29, 1.82) is 0 Å². The average molecular weight is 354 g/mol. The van der Waals surface area contributed by atoms with Crippen LogP contribution in [0.3, 0.4) is 0 Å². The van der Waals surface area contributed by atoms with Crippen molar-refractivity contribution in [3.8, 4) is 0 Å². The lowest BCUT2D eigenvalue weighted by atomic mass is 10.1. The molecular weight excluding hydrogens is 332 g/mol. The molecule has 3 heterocycles. The number of nitrogens with zero attached hydrogens (tertiary/aromatic N) is 4. The number of carbonyl (C=O) groups is 2. The summed E-state index contributed by atoms with van der Waals surface area (Å²) in [4.78, 5) is 34.4. The SMILES string of the molecule is Cc1ccccc1N1CCN(CCN2C(=O)N=C3COC=C3C2=O)CC1. The maximum Gasteiger partial charge on any atom is 0.350 e. The van der Waals surface area contributed by atoms with Gasteiger partial charge >= 0.3 is 6.03 Å². The number of fused-ring (bicyclic) bond motifs is 1. The number of amides is 3. The minimum absolute atomic E-state index is 0.210. The number of hydrogen-bond acceptors (Lipinski definition) is 5. The van der Waals surface area contributed by atoms with Gasteiger partial charge in [0, 0.05) is 45.0 Å². The highest BCUT2D eigenvalue weighted by Gasteiger charge is 2.35. The first-order valence-electron chi connectivity index (χ1n) is 8.92. The van der Waals surface area contributed by atoms with Crippen molar-refractivity contribution in [2.75, 3.05) is 50.8 Å². The highest BCUT2D eigenvalue weighted by molar-refractivity contribution is 6.30. The number of carbonyl (C=O) groups excluding carboxylic acids is 2. The molecule has 0 spiro atoms. The first-order chi connectivity index (χ1) is 12.6. The smallest absolute Gasteiger partial charge is 0.350 e. The van der Waals surface area contributed by atoms with Gasteiger partial charge in [0.1, 0.15) is 6.61 Å². The zero-order chi connectivity index (χ0) is 18.1. The molecule has 1 aromatic rings. The van der Waals surface area contributed by atoms with Crippen LogP contribution in [0.25, 0.3) is 0 Å². The maximum atomic E-state index is 12.4. The Balaban J connectivity index is 1.32. The molecule has 1 aromatic carbocycles. The molecular formula is C19H22N4O3. The predicted octanol–water partition coefficient (Wildman–Crippen LogP) is 1.43. The standard InChI is InChI=1S/C19H22N4O3/c1-14-4-2-3-5-17(14)22-9-6-21(7-10-22)8-11-23-18(24)15-12-26-13-16(15)20-19(23)25/h2-5,12H,6-11,13H2,1H3. The second-order valence-electron chi connectivity index (χ2n) is 6.76. The molecule has 0 N–H and O–H groups in total. The summed E-state index contributed by atoms with van der Waals surface area (Å²) in [6.45, 7) is 7.05. The molecule has 136 valence electrons. The zero-order valence-electron chi connectivity index (χ0n) is 14.9. The summed E-state index contributed by atoms with van der Waals surface area (Å²) in [5.74, 6) is -0.295. The Kier molecular flexibility index (Phi) is 4.46. The van der Waals surface area contributed by atoms with Gasteiger partial charge in [0.05, 0.1) is 17.5 Å². The number of rotatable bonds is 4. The molecule has 0 radical (unpaired) electrons. The van der Waals surface area contributed by atoms with Crippen LogP contribution >= 0.6 is 0 Å². The van der Waals surface area contributed by atoms with E-state index in [0.717, 1.165) is 26.2 Å². The molecule has 1 saturated heterocycles. The quantitative estimate of drug-likeness (QED) is 0.818. The van der Waals surface area contributed by atoms with Crippen molar-refractivity contribution in [1.82, 2.24) is 9.80 Å². The highest BCUT2D eigenvalue weighted by Crippen LogP contribution is 2.21. The zero-order valence-corrected chi connectivity index (χ0v) is 14.9. The fourth-order valence-electron chi connectivity index (χ4n) is 3.59. The molecule has 0 aromatic heterocycles. The van der Waals surface area contributed by atoms with Gasteiger partial charge in [-0.25, -0.2) is 4.79 Å². The number of aryl methyl sites for hydroxylation is 1. The van der Waals surface area contributed by atoms with Gasteiger partial charge in [-0.3, -0.25) is 14.6 Å².